The van der Waals surface area contributed by atoms with Crippen LogP contribution in [-0.2, 0) is 27.3 Å². The quantitative estimate of drug-likeness (QED) is 0.810. The van der Waals surface area contributed by atoms with Crippen LogP contribution in [0, 0.1) is 0 Å². The van der Waals surface area contributed by atoms with Gasteiger partial charge >= 0.3 is 0 Å². The number of hydrogen-bond acceptors (Lipinski definition) is 6. The topological polar surface area (TPSA) is 71.3 Å². The summed E-state index contributed by atoms with van der Waals surface area (Å²) >= 11 is 0. The predicted molar refractivity (Wildman–Crippen MR) is 98.6 cm³/mol. The van der Waals surface area contributed by atoms with Gasteiger partial charge in [0, 0.05) is 50.4 Å². The fraction of sp³-hybridized carbons (Fsp3) is 0.400. The van der Waals surface area contributed by atoms with E-state index in [0.717, 1.165) is 29.8 Å². The molecule has 3 heterocycles. The highest BCUT2D eigenvalue weighted by Gasteiger charge is 2.21. The average molecular weight is 351 g/mol. The maximum absolute atomic E-state index is 12.5. The van der Waals surface area contributed by atoms with Crippen molar-refractivity contribution in [1.29, 1.82) is 0 Å². The molecule has 0 bridgehead atoms. The molecule has 6 heteroatoms. The van der Waals surface area contributed by atoms with E-state index in [1.54, 1.807) is 6.08 Å². The smallest absolute Gasteiger partial charge is 0.164 e. The summed E-state index contributed by atoms with van der Waals surface area (Å²) in [5.41, 5.74) is 3.95. The number of morpholine rings is 1. The molecule has 134 valence electrons. The van der Waals surface area contributed by atoms with E-state index < -0.39 is 0 Å². The molecule has 1 aromatic rings. The second kappa shape index (κ2) is 7.33. The molecule has 0 aliphatic carbocycles. The van der Waals surface area contributed by atoms with Gasteiger partial charge in [0.05, 0.1) is 19.8 Å². The molecule has 6 nitrogen and oxygen atoms in total. The first-order valence-corrected chi connectivity index (χ1v) is 8.94. The molecule has 0 N–H and O–H groups in total. The van der Waals surface area contributed by atoms with Crippen molar-refractivity contribution in [3.8, 4) is 0 Å². The lowest BCUT2D eigenvalue weighted by Gasteiger charge is -2.30. The van der Waals surface area contributed by atoms with Gasteiger partial charge in [-0.2, -0.15) is 0 Å². The summed E-state index contributed by atoms with van der Waals surface area (Å²) in [6, 6.07) is 6.03. The highest BCUT2D eigenvalue weighted by Crippen LogP contribution is 2.19. The van der Waals surface area contributed by atoms with Crippen molar-refractivity contribution in [1.82, 2.24) is 4.90 Å². The Balaban J connectivity index is 1.41. The van der Waals surface area contributed by atoms with Gasteiger partial charge in [0.2, 0.25) is 0 Å². The minimum atomic E-state index is 0.0129. The summed E-state index contributed by atoms with van der Waals surface area (Å²) in [6.45, 7) is 3.41. The predicted octanol–water partition coefficient (Wildman–Crippen LogP) is 1.71. The zero-order chi connectivity index (χ0) is 17.9. The fourth-order valence-electron chi connectivity index (χ4n) is 3.48. The van der Waals surface area contributed by atoms with Crippen molar-refractivity contribution < 1.29 is 14.3 Å². The third kappa shape index (κ3) is 3.80. The van der Waals surface area contributed by atoms with Crippen LogP contribution in [0.15, 0.2) is 40.1 Å². The molecule has 0 radical (unpaired) electrons. The number of allylic oxidation sites excluding steroid dienone is 1. The number of fused-ring (bicyclic) bond motifs is 1. The molecule has 0 saturated carbocycles. The van der Waals surface area contributed by atoms with Crippen LogP contribution in [0.4, 0.5) is 0 Å². The van der Waals surface area contributed by atoms with Crippen LogP contribution < -0.4 is 0 Å². The van der Waals surface area contributed by atoms with Gasteiger partial charge in [0.1, 0.15) is 11.6 Å². The highest BCUT2D eigenvalue weighted by molar-refractivity contribution is 6.14. The molecule has 1 aromatic carbocycles. The first kappa shape index (κ1) is 16.8. The van der Waals surface area contributed by atoms with E-state index in [1.165, 1.54) is 0 Å². The average Bonchev–Trinajstić information content (AvgIpc) is 3.09. The standard InChI is InChI=1S/C20H21N3O3/c24-18(8-14-1-2-15-12-21-13-16(15)7-14)9-17-10-19(25)11-20(22-17)23-3-5-26-6-4-23/h1-2,7,11-12H,3-6,8-10,13H2. The Morgan fingerprint density at radius 3 is 2.88 bits per heavy atom. The van der Waals surface area contributed by atoms with Gasteiger partial charge in [-0.25, -0.2) is 4.99 Å². The summed E-state index contributed by atoms with van der Waals surface area (Å²) in [6.07, 6.45) is 4.26. The van der Waals surface area contributed by atoms with Crippen molar-refractivity contribution >= 4 is 23.5 Å². The zero-order valence-electron chi connectivity index (χ0n) is 14.6. The number of benzene rings is 1. The molecular weight excluding hydrogens is 330 g/mol. The van der Waals surface area contributed by atoms with Gasteiger partial charge < -0.3 is 9.64 Å². The molecule has 0 amide bonds. The van der Waals surface area contributed by atoms with Crippen LogP contribution in [0.3, 0.4) is 0 Å². The molecule has 0 aromatic heterocycles. The minimum Gasteiger partial charge on any atom is -0.378 e. The molecule has 0 spiro atoms. The van der Waals surface area contributed by atoms with Crippen LogP contribution in [0.1, 0.15) is 29.5 Å². The van der Waals surface area contributed by atoms with Crippen molar-refractivity contribution in [2.45, 2.75) is 25.8 Å². The number of ketones is 2. The summed E-state index contributed by atoms with van der Waals surface area (Å²) in [4.78, 5) is 35.4. The SMILES string of the molecule is O=C1C=C(N2CCOCC2)N=C(CC(=O)Cc2ccc3c(c2)CN=C3)C1. The number of hydrogen-bond donors (Lipinski definition) is 0. The second-order valence-electron chi connectivity index (χ2n) is 6.82. The van der Waals surface area contributed by atoms with E-state index in [-0.39, 0.29) is 24.4 Å². The van der Waals surface area contributed by atoms with E-state index in [1.807, 2.05) is 29.3 Å². The minimum absolute atomic E-state index is 0.0129. The largest absolute Gasteiger partial charge is 0.378 e. The first-order valence-electron chi connectivity index (χ1n) is 8.94. The van der Waals surface area contributed by atoms with Gasteiger partial charge in [-0.1, -0.05) is 18.2 Å². The maximum Gasteiger partial charge on any atom is 0.164 e. The molecule has 4 rings (SSSR count). The third-order valence-corrected chi connectivity index (χ3v) is 4.78. The molecule has 1 fully saturated rings. The van der Waals surface area contributed by atoms with E-state index in [4.69, 9.17) is 4.74 Å². The molecule has 0 unspecified atom stereocenters. The lowest BCUT2D eigenvalue weighted by molar-refractivity contribution is -0.117. The summed E-state index contributed by atoms with van der Waals surface area (Å²) < 4.78 is 5.34. The van der Waals surface area contributed by atoms with Crippen molar-refractivity contribution in [2.24, 2.45) is 9.98 Å². The maximum atomic E-state index is 12.5. The Morgan fingerprint density at radius 2 is 2.04 bits per heavy atom. The van der Waals surface area contributed by atoms with Crippen molar-refractivity contribution in [2.75, 3.05) is 26.3 Å². The number of carbonyl (C=O) groups is 2. The lowest BCUT2D eigenvalue weighted by atomic mass is 9.98. The number of Topliss-reactive ketones (excluding diaryl/α,β-unsaturated/α-hetero) is 1. The molecule has 0 atom stereocenters. The van der Waals surface area contributed by atoms with E-state index >= 15 is 0 Å². The normalized spacial score (nSPS) is 19.2. The Labute approximate surface area is 152 Å². The Morgan fingerprint density at radius 1 is 1.19 bits per heavy atom. The Bertz CT molecular complexity index is 833. The molecule has 3 aliphatic rings. The van der Waals surface area contributed by atoms with Crippen LogP contribution >= 0.6 is 0 Å². The fourth-order valence-corrected chi connectivity index (χ4v) is 3.48. The number of carbonyl (C=O) groups excluding carboxylic acids is 2. The molecule has 1 saturated heterocycles. The number of nitrogens with zero attached hydrogens (tertiary/aromatic N) is 3. The van der Waals surface area contributed by atoms with Gasteiger partial charge in [0.15, 0.2) is 5.78 Å². The van der Waals surface area contributed by atoms with Crippen molar-refractivity contribution in [3.63, 3.8) is 0 Å². The first-order chi connectivity index (χ1) is 12.7. The van der Waals surface area contributed by atoms with E-state index in [9.17, 15) is 9.59 Å². The third-order valence-electron chi connectivity index (χ3n) is 4.78. The van der Waals surface area contributed by atoms with Gasteiger partial charge in [0.25, 0.3) is 0 Å². The van der Waals surface area contributed by atoms with Crippen LogP contribution in [-0.4, -0.2) is 54.7 Å². The van der Waals surface area contributed by atoms with Gasteiger partial charge in [-0.05, 0) is 16.7 Å². The lowest BCUT2D eigenvalue weighted by Crippen LogP contribution is -2.36. The van der Waals surface area contributed by atoms with Crippen molar-refractivity contribution in [3.05, 3.63) is 46.8 Å². The summed E-state index contributed by atoms with van der Waals surface area (Å²) in [5, 5.41) is 0. The molecule has 3 aliphatic heterocycles. The second-order valence-corrected chi connectivity index (χ2v) is 6.82. The number of aliphatic imine (C=N–C) groups is 2. The Kier molecular flexibility index (Phi) is 4.75. The van der Waals surface area contributed by atoms with E-state index in [2.05, 4.69) is 9.98 Å². The zero-order valence-corrected chi connectivity index (χ0v) is 14.6. The Hall–Kier alpha value is -2.60. The van der Waals surface area contributed by atoms with Crippen LogP contribution in [0.25, 0.3) is 0 Å². The molecule has 26 heavy (non-hydrogen) atoms. The van der Waals surface area contributed by atoms with E-state index in [0.29, 0.717) is 37.7 Å². The van der Waals surface area contributed by atoms with Crippen LogP contribution in [0.2, 0.25) is 0 Å². The highest BCUT2D eigenvalue weighted by atomic mass is 16.5. The number of rotatable bonds is 5. The summed E-state index contributed by atoms with van der Waals surface area (Å²) in [7, 11) is 0. The van der Waals surface area contributed by atoms with Gasteiger partial charge in [-0.15, -0.1) is 0 Å². The monoisotopic (exact) mass is 351 g/mol. The van der Waals surface area contributed by atoms with Gasteiger partial charge in [-0.3, -0.25) is 14.6 Å². The van der Waals surface area contributed by atoms with Crippen LogP contribution in [0.5, 0.6) is 0 Å². The summed E-state index contributed by atoms with van der Waals surface area (Å²) in [5.74, 6) is 0.764. The molecular formula is C20H21N3O3. The number of ether oxygens (including phenoxy) is 1.